The van der Waals surface area contributed by atoms with Crippen LogP contribution in [0.25, 0.3) is 0 Å². The maximum atomic E-state index is 12.9. The molecule has 0 spiro atoms. The normalized spacial score (nSPS) is 13.6. The first-order valence-electron chi connectivity index (χ1n) is 7.39. The van der Waals surface area contributed by atoms with E-state index in [0.717, 1.165) is 25.3 Å². The lowest BCUT2D eigenvalue weighted by atomic mass is 9.91. The van der Waals surface area contributed by atoms with E-state index in [-0.39, 0.29) is 5.92 Å². The summed E-state index contributed by atoms with van der Waals surface area (Å²) in [7, 11) is 0. The summed E-state index contributed by atoms with van der Waals surface area (Å²) in [6.45, 7) is 6.38. The lowest BCUT2D eigenvalue weighted by molar-refractivity contribution is -0.137. The topological polar surface area (TPSA) is 9.23 Å². The van der Waals surface area contributed by atoms with Crippen molar-refractivity contribution in [3.05, 3.63) is 41.5 Å². The van der Waals surface area contributed by atoms with Crippen molar-refractivity contribution in [2.24, 2.45) is 0 Å². The van der Waals surface area contributed by atoms with E-state index in [2.05, 4.69) is 0 Å². The van der Waals surface area contributed by atoms with Gasteiger partial charge in [-0.3, -0.25) is 0 Å². The van der Waals surface area contributed by atoms with E-state index in [9.17, 15) is 13.2 Å². The molecule has 0 saturated heterocycles. The molecule has 0 fully saturated rings. The molecule has 0 aliphatic carbocycles. The zero-order chi connectivity index (χ0) is 15.9. The molecule has 1 aromatic carbocycles. The summed E-state index contributed by atoms with van der Waals surface area (Å²) < 4.78 is 44.4. The van der Waals surface area contributed by atoms with Gasteiger partial charge < -0.3 is 4.74 Å². The molecule has 0 N–H and O–H groups in total. The van der Waals surface area contributed by atoms with Crippen molar-refractivity contribution in [3.63, 3.8) is 0 Å². The van der Waals surface area contributed by atoms with Crippen LogP contribution in [0.3, 0.4) is 0 Å². The first-order valence-corrected chi connectivity index (χ1v) is 7.39. The second-order valence-corrected chi connectivity index (χ2v) is 5.01. The van der Waals surface area contributed by atoms with Gasteiger partial charge in [-0.05, 0) is 55.9 Å². The van der Waals surface area contributed by atoms with Gasteiger partial charge in [-0.1, -0.05) is 26.0 Å². The summed E-state index contributed by atoms with van der Waals surface area (Å²) in [4.78, 5) is 0. The smallest absolute Gasteiger partial charge is 0.416 e. The van der Waals surface area contributed by atoms with Gasteiger partial charge in [0.2, 0.25) is 0 Å². The van der Waals surface area contributed by atoms with Crippen LogP contribution in [0.2, 0.25) is 0 Å². The second kappa shape index (κ2) is 8.11. The van der Waals surface area contributed by atoms with Crippen molar-refractivity contribution >= 4 is 0 Å². The molecule has 0 heterocycles. The highest BCUT2D eigenvalue weighted by Crippen LogP contribution is 2.37. The van der Waals surface area contributed by atoms with Gasteiger partial charge in [0.25, 0.3) is 0 Å². The molecule has 1 unspecified atom stereocenters. The summed E-state index contributed by atoms with van der Waals surface area (Å²) in [5, 5.41) is 0. The quantitative estimate of drug-likeness (QED) is 0.565. The van der Waals surface area contributed by atoms with Crippen LogP contribution in [0.5, 0.6) is 5.75 Å². The van der Waals surface area contributed by atoms with Gasteiger partial charge in [0, 0.05) is 0 Å². The summed E-state index contributed by atoms with van der Waals surface area (Å²) in [5.74, 6) is 0.608. The molecule has 0 amide bonds. The van der Waals surface area contributed by atoms with Crippen molar-refractivity contribution in [2.75, 3.05) is 6.61 Å². The minimum atomic E-state index is -4.32. The van der Waals surface area contributed by atoms with Crippen molar-refractivity contribution in [1.29, 1.82) is 0 Å². The minimum absolute atomic E-state index is 0.0374. The van der Waals surface area contributed by atoms with Crippen LogP contribution in [0.1, 0.15) is 57.1 Å². The fraction of sp³-hybridized carbons (Fsp3) is 0.529. The Morgan fingerprint density at radius 1 is 1.24 bits per heavy atom. The molecule has 0 bridgehead atoms. The molecular weight excluding hydrogens is 277 g/mol. The number of halogens is 3. The van der Waals surface area contributed by atoms with Gasteiger partial charge in [-0.15, -0.1) is 0 Å². The van der Waals surface area contributed by atoms with E-state index in [4.69, 9.17) is 4.74 Å². The number of ether oxygens (including phenoxy) is 1. The summed E-state index contributed by atoms with van der Waals surface area (Å²) in [6, 6.07) is 3.78. The Kier molecular flexibility index (Phi) is 6.79. The monoisotopic (exact) mass is 300 g/mol. The van der Waals surface area contributed by atoms with Gasteiger partial charge in [0.05, 0.1) is 12.2 Å². The first kappa shape index (κ1) is 17.6. The predicted octanol–water partition coefficient (Wildman–Crippen LogP) is 5.95. The number of hydrogen-bond acceptors (Lipinski definition) is 1. The van der Waals surface area contributed by atoms with E-state index in [1.807, 2.05) is 32.9 Å². The first-order chi connectivity index (χ1) is 9.93. The Bertz CT molecular complexity index is 464. The highest BCUT2D eigenvalue weighted by Gasteiger charge is 2.31. The van der Waals surface area contributed by atoms with Gasteiger partial charge in [0.15, 0.2) is 0 Å². The largest absolute Gasteiger partial charge is 0.493 e. The highest BCUT2D eigenvalue weighted by atomic mass is 19.4. The van der Waals surface area contributed by atoms with Gasteiger partial charge in [0.1, 0.15) is 5.75 Å². The Labute approximate surface area is 124 Å². The van der Waals surface area contributed by atoms with E-state index >= 15 is 0 Å². The Morgan fingerprint density at radius 2 is 1.95 bits per heavy atom. The van der Waals surface area contributed by atoms with E-state index < -0.39 is 11.7 Å². The average molecular weight is 300 g/mol. The number of alkyl halides is 3. The van der Waals surface area contributed by atoms with Gasteiger partial charge >= 0.3 is 6.18 Å². The molecule has 118 valence electrons. The standard InChI is InChI=1S/C17H23F3O/c1-4-7-8-13(6-3)15-12-14(17(18,19)20)9-10-16(15)21-11-5-2/h4,7,9-10,12-13H,5-6,8,11H2,1-3H3/b7-4-. The molecule has 1 aromatic rings. The molecule has 21 heavy (non-hydrogen) atoms. The Hall–Kier alpha value is -1.45. The number of allylic oxidation sites excluding steroid dienone is 2. The molecule has 0 aliphatic rings. The SMILES string of the molecule is C/C=C\CC(CC)c1cc(C(F)(F)F)ccc1OCCC. The van der Waals surface area contributed by atoms with E-state index in [0.29, 0.717) is 17.9 Å². The lowest BCUT2D eigenvalue weighted by Gasteiger charge is -2.20. The Balaban J connectivity index is 3.19. The summed E-state index contributed by atoms with van der Waals surface area (Å²) in [5.41, 5.74) is 0.0409. The molecule has 1 atom stereocenters. The zero-order valence-electron chi connectivity index (χ0n) is 12.8. The molecular formula is C17H23F3O. The minimum Gasteiger partial charge on any atom is -0.493 e. The second-order valence-electron chi connectivity index (χ2n) is 5.01. The van der Waals surface area contributed by atoms with Crippen LogP contribution in [-0.2, 0) is 6.18 Å². The molecule has 0 saturated carbocycles. The molecule has 0 radical (unpaired) electrons. The molecule has 1 nitrogen and oxygen atoms in total. The third-order valence-corrected chi connectivity index (χ3v) is 3.39. The van der Waals surface area contributed by atoms with Crippen LogP contribution in [0, 0.1) is 0 Å². The molecule has 4 heteroatoms. The number of rotatable bonds is 7. The van der Waals surface area contributed by atoms with Crippen molar-refractivity contribution in [1.82, 2.24) is 0 Å². The molecule has 1 rings (SSSR count). The molecule has 0 aromatic heterocycles. The van der Waals surface area contributed by atoms with Crippen molar-refractivity contribution in [2.45, 2.75) is 52.1 Å². The number of benzene rings is 1. The van der Waals surface area contributed by atoms with Crippen LogP contribution < -0.4 is 4.74 Å². The third kappa shape index (κ3) is 5.10. The average Bonchev–Trinajstić information content (AvgIpc) is 2.45. The van der Waals surface area contributed by atoms with Crippen LogP contribution >= 0.6 is 0 Å². The van der Waals surface area contributed by atoms with E-state index in [1.54, 1.807) is 0 Å². The maximum absolute atomic E-state index is 12.9. The maximum Gasteiger partial charge on any atom is 0.416 e. The van der Waals surface area contributed by atoms with Crippen LogP contribution in [-0.4, -0.2) is 6.61 Å². The predicted molar refractivity (Wildman–Crippen MR) is 79.7 cm³/mol. The number of hydrogen-bond donors (Lipinski definition) is 0. The fourth-order valence-electron chi connectivity index (χ4n) is 2.20. The Morgan fingerprint density at radius 3 is 2.48 bits per heavy atom. The lowest BCUT2D eigenvalue weighted by Crippen LogP contribution is -2.09. The van der Waals surface area contributed by atoms with Crippen LogP contribution in [0.15, 0.2) is 30.4 Å². The summed E-state index contributed by atoms with van der Waals surface area (Å²) >= 11 is 0. The van der Waals surface area contributed by atoms with Crippen molar-refractivity contribution in [3.8, 4) is 5.75 Å². The van der Waals surface area contributed by atoms with Gasteiger partial charge in [-0.2, -0.15) is 13.2 Å². The highest BCUT2D eigenvalue weighted by molar-refractivity contribution is 5.41. The molecule has 0 aliphatic heterocycles. The third-order valence-electron chi connectivity index (χ3n) is 3.39. The van der Waals surface area contributed by atoms with Crippen molar-refractivity contribution < 1.29 is 17.9 Å². The van der Waals surface area contributed by atoms with Gasteiger partial charge in [-0.25, -0.2) is 0 Å². The van der Waals surface area contributed by atoms with E-state index in [1.165, 1.54) is 12.1 Å². The summed E-state index contributed by atoms with van der Waals surface area (Å²) in [6.07, 6.45) is 1.90. The zero-order valence-corrected chi connectivity index (χ0v) is 12.8. The van der Waals surface area contributed by atoms with Crippen LogP contribution in [0.4, 0.5) is 13.2 Å². The fourth-order valence-corrected chi connectivity index (χ4v) is 2.20.